The Morgan fingerprint density at radius 3 is 2.68 bits per heavy atom. The molecule has 4 rings (SSSR count). The minimum absolute atomic E-state index is 0.00204. The third-order valence-corrected chi connectivity index (χ3v) is 7.18. The number of benzene rings is 1. The van der Waals surface area contributed by atoms with E-state index in [-0.39, 0.29) is 23.4 Å². The van der Waals surface area contributed by atoms with Crippen LogP contribution in [0.5, 0.6) is 0 Å². The Labute approximate surface area is 222 Å². The van der Waals surface area contributed by atoms with Crippen molar-refractivity contribution in [1.29, 1.82) is 0 Å². The van der Waals surface area contributed by atoms with Gasteiger partial charge < -0.3 is 19.9 Å². The zero-order chi connectivity index (χ0) is 26.9. The number of rotatable bonds is 5. The van der Waals surface area contributed by atoms with Gasteiger partial charge in [-0.1, -0.05) is 24.6 Å². The number of aryl methyl sites for hydroxylation is 1. The van der Waals surface area contributed by atoms with E-state index in [0.717, 1.165) is 24.4 Å². The summed E-state index contributed by atoms with van der Waals surface area (Å²) in [5.74, 6) is 0.542. The van der Waals surface area contributed by atoms with Gasteiger partial charge >= 0.3 is 6.09 Å². The van der Waals surface area contributed by atoms with Gasteiger partial charge in [-0.15, -0.1) is 0 Å². The predicted molar refractivity (Wildman–Crippen MR) is 140 cm³/mol. The van der Waals surface area contributed by atoms with Crippen LogP contribution in [0.2, 0.25) is 5.02 Å². The molecule has 37 heavy (non-hydrogen) atoms. The molecule has 1 N–H and O–H groups in total. The molecule has 3 unspecified atom stereocenters. The van der Waals surface area contributed by atoms with Crippen molar-refractivity contribution in [2.24, 2.45) is 0 Å². The molecule has 8 nitrogen and oxygen atoms in total. The Morgan fingerprint density at radius 1 is 1.24 bits per heavy atom. The fraction of sp³-hybridized carbons (Fsp3) is 0.556. The maximum atomic E-state index is 14.1. The smallest absolute Gasteiger partial charge is 0.408 e. The molecule has 1 fully saturated rings. The number of carbonyl (C=O) groups excluding carboxylic acids is 2. The number of hydrogen-bond donors (Lipinski definition) is 1. The van der Waals surface area contributed by atoms with Crippen LogP contribution in [0.25, 0.3) is 0 Å². The third kappa shape index (κ3) is 6.32. The van der Waals surface area contributed by atoms with E-state index in [4.69, 9.17) is 16.3 Å². The van der Waals surface area contributed by atoms with Crippen LogP contribution in [0.1, 0.15) is 63.8 Å². The number of alkyl carbamates (subject to hydrolysis) is 1. The molecule has 200 valence electrons. The number of hydrogen-bond acceptors (Lipinski definition) is 6. The molecule has 0 spiro atoms. The quantitative estimate of drug-likeness (QED) is 0.611. The molecule has 1 aliphatic heterocycles. The van der Waals surface area contributed by atoms with Crippen molar-refractivity contribution in [3.63, 3.8) is 0 Å². The predicted octanol–water partition coefficient (Wildman–Crippen LogP) is 4.49. The summed E-state index contributed by atoms with van der Waals surface area (Å²) >= 11 is 5.83. The molecule has 0 saturated carbocycles. The monoisotopic (exact) mass is 531 g/mol. The largest absolute Gasteiger partial charge is 0.444 e. The minimum atomic E-state index is -0.919. The normalized spacial score (nSPS) is 20.4. The van der Waals surface area contributed by atoms with Gasteiger partial charge in [0.15, 0.2) is 0 Å². The first-order valence-electron chi connectivity index (χ1n) is 12.8. The average Bonchev–Trinajstić information content (AvgIpc) is 3.20. The number of piperazine rings is 1. The van der Waals surface area contributed by atoms with Crippen molar-refractivity contribution in [2.75, 3.05) is 24.5 Å². The molecule has 0 radical (unpaired) electrons. The molecule has 10 heteroatoms. The summed E-state index contributed by atoms with van der Waals surface area (Å²) < 4.78 is 19.5. The third-order valence-electron chi connectivity index (χ3n) is 6.88. The van der Waals surface area contributed by atoms with Crippen molar-refractivity contribution in [1.82, 2.24) is 20.2 Å². The van der Waals surface area contributed by atoms with E-state index >= 15 is 0 Å². The number of ether oxygens (including phenoxy) is 1. The first-order valence-corrected chi connectivity index (χ1v) is 13.1. The van der Waals surface area contributed by atoms with E-state index in [0.29, 0.717) is 31.1 Å². The number of fused-ring (bicyclic) bond motifs is 1. The summed E-state index contributed by atoms with van der Waals surface area (Å²) in [5.41, 5.74) is 2.15. The Morgan fingerprint density at radius 2 is 2.00 bits per heavy atom. The Kier molecular flexibility index (Phi) is 7.92. The van der Waals surface area contributed by atoms with Crippen molar-refractivity contribution in [2.45, 2.75) is 77.5 Å². The molecule has 3 atom stereocenters. The summed E-state index contributed by atoms with van der Waals surface area (Å²) in [5, 5.41) is 2.71. The number of nitrogens with zero attached hydrogens (tertiary/aromatic N) is 4. The Hall–Kier alpha value is -2.94. The van der Waals surface area contributed by atoms with Gasteiger partial charge in [-0.05, 0) is 64.2 Å². The van der Waals surface area contributed by atoms with Crippen LogP contribution in [-0.2, 0) is 22.4 Å². The zero-order valence-electron chi connectivity index (χ0n) is 22.1. The molecule has 2 aliphatic rings. The first kappa shape index (κ1) is 27.1. The van der Waals surface area contributed by atoms with E-state index in [2.05, 4.69) is 34.0 Å². The van der Waals surface area contributed by atoms with Gasteiger partial charge in [0.1, 0.15) is 29.6 Å². The van der Waals surface area contributed by atoms with Gasteiger partial charge in [-0.3, -0.25) is 4.79 Å². The van der Waals surface area contributed by atoms with Gasteiger partial charge in [-0.25, -0.2) is 19.2 Å². The molecular weight excluding hydrogens is 497 g/mol. The fourth-order valence-electron chi connectivity index (χ4n) is 5.10. The van der Waals surface area contributed by atoms with Crippen LogP contribution in [0.3, 0.4) is 0 Å². The average molecular weight is 532 g/mol. The maximum Gasteiger partial charge on any atom is 0.408 e. The summed E-state index contributed by atoms with van der Waals surface area (Å²) in [6, 6.07) is 3.48. The topological polar surface area (TPSA) is 87.7 Å². The lowest BCUT2D eigenvalue weighted by Gasteiger charge is -2.42. The van der Waals surface area contributed by atoms with Crippen molar-refractivity contribution in [3.05, 3.63) is 52.2 Å². The van der Waals surface area contributed by atoms with Crippen LogP contribution in [0.4, 0.5) is 15.0 Å². The molecule has 2 aromatic rings. The number of halogens is 2. The molecule has 1 aromatic heterocycles. The summed E-state index contributed by atoms with van der Waals surface area (Å²) in [6.07, 6.45) is 3.07. The van der Waals surface area contributed by atoms with Gasteiger partial charge in [0, 0.05) is 43.4 Å². The van der Waals surface area contributed by atoms with Crippen molar-refractivity contribution < 1.29 is 18.7 Å². The molecule has 1 aromatic carbocycles. The number of aromatic nitrogens is 2. The second-order valence-corrected chi connectivity index (χ2v) is 11.4. The lowest BCUT2D eigenvalue weighted by molar-refractivity contribution is -0.134. The highest BCUT2D eigenvalue weighted by molar-refractivity contribution is 6.30. The highest BCUT2D eigenvalue weighted by atomic mass is 35.5. The summed E-state index contributed by atoms with van der Waals surface area (Å²) in [4.78, 5) is 39.3. The summed E-state index contributed by atoms with van der Waals surface area (Å²) in [6.45, 7) is 11.1. The molecule has 2 amide bonds. The lowest BCUT2D eigenvalue weighted by atomic mass is 10.0. The van der Waals surface area contributed by atoms with Crippen LogP contribution in [-0.4, -0.2) is 64.2 Å². The van der Waals surface area contributed by atoms with Crippen LogP contribution >= 0.6 is 11.6 Å². The van der Waals surface area contributed by atoms with Crippen molar-refractivity contribution in [3.8, 4) is 0 Å². The minimum Gasteiger partial charge on any atom is -0.444 e. The number of amides is 2. The second kappa shape index (κ2) is 10.8. The van der Waals surface area contributed by atoms with Gasteiger partial charge in [-0.2, -0.15) is 0 Å². The number of carbonyl (C=O) groups is 2. The van der Waals surface area contributed by atoms with Gasteiger partial charge in [0.2, 0.25) is 5.91 Å². The molecule has 0 bridgehead atoms. The van der Waals surface area contributed by atoms with Crippen molar-refractivity contribution >= 4 is 29.4 Å². The van der Waals surface area contributed by atoms with Crippen LogP contribution in [0.15, 0.2) is 24.5 Å². The first-order chi connectivity index (χ1) is 17.4. The Bertz CT molecular complexity index is 1170. The second-order valence-electron chi connectivity index (χ2n) is 11.0. The van der Waals surface area contributed by atoms with Crippen LogP contribution in [0, 0.1) is 5.82 Å². The van der Waals surface area contributed by atoms with E-state index in [1.807, 2.05) is 0 Å². The Balaban J connectivity index is 1.51. The van der Waals surface area contributed by atoms with E-state index in [1.54, 1.807) is 38.1 Å². The van der Waals surface area contributed by atoms with Gasteiger partial charge in [0.05, 0.1) is 5.02 Å². The van der Waals surface area contributed by atoms with Gasteiger partial charge in [0.25, 0.3) is 0 Å². The van der Waals surface area contributed by atoms with E-state index < -0.39 is 23.6 Å². The fourth-order valence-corrected chi connectivity index (χ4v) is 5.21. The van der Waals surface area contributed by atoms with E-state index in [9.17, 15) is 14.0 Å². The van der Waals surface area contributed by atoms with E-state index in [1.165, 1.54) is 17.7 Å². The molecule has 2 heterocycles. The standard InChI is InChI=1S/C27H35ClFN5O3/c1-16-6-9-21-23(16)24(31-15-30-21)34-11-10-33(14-17(34)2)25(35)22(32-26(36)37-27(3,4)5)13-18-7-8-19(28)20(29)12-18/h7-8,12,15-17,22H,6,9-11,13-14H2,1-5H3,(H,32,36). The zero-order valence-corrected chi connectivity index (χ0v) is 22.8. The molecule has 1 saturated heterocycles. The number of anilines is 1. The van der Waals surface area contributed by atoms with Crippen LogP contribution < -0.4 is 10.2 Å². The highest BCUT2D eigenvalue weighted by Gasteiger charge is 2.35. The molecular formula is C27H35ClFN5O3. The highest BCUT2D eigenvalue weighted by Crippen LogP contribution is 2.38. The maximum absolute atomic E-state index is 14.1. The SMILES string of the molecule is CC1CCc2ncnc(N3CCN(C(=O)C(Cc4ccc(Cl)c(F)c4)NC(=O)OC(C)(C)C)CC3C)c21. The summed E-state index contributed by atoms with van der Waals surface area (Å²) in [7, 11) is 0. The number of nitrogens with one attached hydrogen (secondary N) is 1. The lowest BCUT2D eigenvalue weighted by Crippen LogP contribution is -2.59. The molecule has 1 aliphatic carbocycles.